The summed E-state index contributed by atoms with van der Waals surface area (Å²) in [5.74, 6) is 4.12. The highest BCUT2D eigenvalue weighted by Crippen LogP contribution is 2.49. The van der Waals surface area contributed by atoms with Gasteiger partial charge in [-0.05, 0) is 117 Å². The first kappa shape index (κ1) is 25.0. The fourth-order valence-corrected chi connectivity index (χ4v) is 7.53. The summed E-state index contributed by atoms with van der Waals surface area (Å²) in [5.41, 5.74) is 3.49. The Morgan fingerprint density at radius 1 is 0.879 bits per heavy atom. The zero-order chi connectivity index (χ0) is 23.0. The van der Waals surface area contributed by atoms with E-state index in [9.17, 15) is 0 Å². The van der Waals surface area contributed by atoms with Crippen LogP contribution in [0.3, 0.4) is 0 Å². The van der Waals surface area contributed by atoms with Gasteiger partial charge in [0.1, 0.15) is 5.82 Å². The Labute approximate surface area is 203 Å². The number of unbranched alkanes of at least 4 members (excludes halogenated alkanes) is 4. The van der Waals surface area contributed by atoms with E-state index in [0.29, 0.717) is 5.92 Å². The molecule has 0 spiro atoms. The van der Waals surface area contributed by atoms with Crippen LogP contribution in [0.25, 0.3) is 0 Å². The molecule has 0 N–H and O–H groups in total. The monoisotopic (exact) mass is 452 g/mol. The van der Waals surface area contributed by atoms with E-state index < -0.39 is 0 Å². The Hall–Kier alpha value is -1.11. The fourth-order valence-electron chi connectivity index (χ4n) is 7.53. The summed E-state index contributed by atoms with van der Waals surface area (Å²) < 4.78 is 15.7. The highest BCUT2D eigenvalue weighted by molar-refractivity contribution is 5.38. The van der Waals surface area contributed by atoms with E-state index in [1.54, 1.807) is 0 Å². The molecule has 5 unspecified atom stereocenters. The molecule has 2 fully saturated rings. The van der Waals surface area contributed by atoms with Crippen molar-refractivity contribution < 1.29 is 4.39 Å². The average Bonchev–Trinajstić information content (AvgIpc) is 2.84. The number of halogens is 1. The summed E-state index contributed by atoms with van der Waals surface area (Å²) in [7, 11) is 0. The van der Waals surface area contributed by atoms with Crippen LogP contribution < -0.4 is 0 Å². The zero-order valence-electron chi connectivity index (χ0n) is 21.6. The summed E-state index contributed by atoms with van der Waals surface area (Å²) in [4.78, 5) is 0. The van der Waals surface area contributed by atoms with Crippen LogP contribution in [0, 0.1) is 29.5 Å². The SMILES string of the molecule is C/C=C/CCC1CCC2CC(c3ccc4c(c3F)CCC(CCCCCCC)C4)CCC2C1. The minimum Gasteiger partial charge on any atom is -0.206 e. The predicted molar refractivity (Wildman–Crippen MR) is 140 cm³/mol. The van der Waals surface area contributed by atoms with Crippen LogP contribution >= 0.6 is 0 Å². The van der Waals surface area contributed by atoms with Crippen molar-refractivity contribution in [1.29, 1.82) is 0 Å². The van der Waals surface area contributed by atoms with Crippen molar-refractivity contribution in [2.75, 3.05) is 0 Å². The first-order valence-corrected chi connectivity index (χ1v) is 14.6. The van der Waals surface area contributed by atoms with Crippen molar-refractivity contribution in [3.8, 4) is 0 Å². The van der Waals surface area contributed by atoms with Crippen molar-refractivity contribution >= 4 is 0 Å². The van der Waals surface area contributed by atoms with E-state index in [2.05, 4.69) is 38.1 Å². The van der Waals surface area contributed by atoms with Gasteiger partial charge in [0.25, 0.3) is 0 Å². The van der Waals surface area contributed by atoms with Gasteiger partial charge in [-0.3, -0.25) is 0 Å². The second kappa shape index (κ2) is 12.6. The van der Waals surface area contributed by atoms with Gasteiger partial charge in [-0.1, -0.05) is 76.2 Å². The summed E-state index contributed by atoms with van der Waals surface area (Å²) >= 11 is 0. The van der Waals surface area contributed by atoms with Gasteiger partial charge in [-0.25, -0.2) is 4.39 Å². The van der Waals surface area contributed by atoms with Crippen molar-refractivity contribution in [1.82, 2.24) is 0 Å². The molecule has 33 heavy (non-hydrogen) atoms. The molecule has 3 aliphatic rings. The summed E-state index contributed by atoms with van der Waals surface area (Å²) in [6, 6.07) is 4.52. The van der Waals surface area contributed by atoms with Gasteiger partial charge < -0.3 is 0 Å². The molecule has 0 amide bonds. The molecule has 0 nitrogen and oxygen atoms in total. The highest BCUT2D eigenvalue weighted by Gasteiger charge is 2.37. The Bertz CT molecular complexity index is 762. The molecule has 0 saturated heterocycles. The van der Waals surface area contributed by atoms with Crippen molar-refractivity contribution in [3.63, 3.8) is 0 Å². The van der Waals surface area contributed by atoms with Crippen LogP contribution in [0.5, 0.6) is 0 Å². The third-order valence-electron chi connectivity index (χ3n) is 9.54. The van der Waals surface area contributed by atoms with E-state index in [1.165, 1.54) is 102 Å². The third kappa shape index (κ3) is 6.52. The molecule has 1 aromatic carbocycles. The molecule has 1 heteroatoms. The molecule has 0 radical (unpaired) electrons. The quantitative estimate of drug-likeness (QED) is 0.245. The molecule has 4 rings (SSSR count). The maximum atomic E-state index is 15.7. The lowest BCUT2D eigenvalue weighted by molar-refractivity contribution is 0.114. The Balaban J connectivity index is 1.30. The first-order valence-electron chi connectivity index (χ1n) is 14.6. The van der Waals surface area contributed by atoms with E-state index in [-0.39, 0.29) is 5.82 Å². The molecule has 1 aromatic rings. The van der Waals surface area contributed by atoms with Gasteiger partial charge in [0.05, 0.1) is 0 Å². The summed E-state index contributed by atoms with van der Waals surface area (Å²) in [6.45, 7) is 4.41. The molecule has 5 atom stereocenters. The van der Waals surface area contributed by atoms with E-state index in [1.807, 2.05) is 0 Å². The highest BCUT2D eigenvalue weighted by atomic mass is 19.1. The maximum absolute atomic E-state index is 15.7. The molecule has 3 aliphatic carbocycles. The average molecular weight is 453 g/mol. The normalized spacial score (nSPS) is 29.7. The van der Waals surface area contributed by atoms with Gasteiger partial charge in [-0.2, -0.15) is 0 Å². The van der Waals surface area contributed by atoms with Crippen molar-refractivity contribution in [2.24, 2.45) is 23.7 Å². The maximum Gasteiger partial charge on any atom is 0.130 e. The lowest BCUT2D eigenvalue weighted by Gasteiger charge is -2.42. The van der Waals surface area contributed by atoms with Crippen LogP contribution in [0.1, 0.15) is 133 Å². The third-order valence-corrected chi connectivity index (χ3v) is 9.54. The van der Waals surface area contributed by atoms with E-state index >= 15 is 4.39 Å². The fraction of sp³-hybridized carbons (Fsp3) is 0.750. The Kier molecular flexibility index (Phi) is 9.51. The van der Waals surface area contributed by atoms with Gasteiger partial charge >= 0.3 is 0 Å². The van der Waals surface area contributed by atoms with Crippen LogP contribution in [0.4, 0.5) is 4.39 Å². The number of benzene rings is 1. The van der Waals surface area contributed by atoms with Gasteiger partial charge in [0, 0.05) is 0 Å². The molecular formula is C32H49F. The summed E-state index contributed by atoms with van der Waals surface area (Å²) in [5, 5.41) is 0. The van der Waals surface area contributed by atoms with Gasteiger partial charge in [0.2, 0.25) is 0 Å². The minimum atomic E-state index is 0.192. The van der Waals surface area contributed by atoms with Crippen molar-refractivity contribution in [3.05, 3.63) is 46.8 Å². The van der Waals surface area contributed by atoms with Crippen molar-refractivity contribution in [2.45, 2.75) is 129 Å². The van der Waals surface area contributed by atoms with E-state index in [0.717, 1.165) is 47.6 Å². The standard InChI is InChI=1S/C32H49F/c1-3-5-7-8-10-12-25-14-19-30-28(22-25)18-20-31(32(30)33)29-17-16-26-21-24(11-9-6-4-2)13-15-27(26)23-29/h4,6,18,20,24-27,29H,3,5,7-17,19,21-23H2,1-2H3/b6-4+. The lowest BCUT2D eigenvalue weighted by Crippen LogP contribution is -2.31. The molecule has 0 heterocycles. The number of allylic oxidation sites excluding steroid dienone is 2. The molecule has 2 saturated carbocycles. The molecule has 0 aliphatic heterocycles. The number of hydrogen-bond donors (Lipinski definition) is 0. The van der Waals surface area contributed by atoms with Crippen LogP contribution in [-0.2, 0) is 12.8 Å². The Morgan fingerprint density at radius 3 is 2.55 bits per heavy atom. The largest absolute Gasteiger partial charge is 0.206 e. The number of fused-ring (bicyclic) bond motifs is 2. The van der Waals surface area contributed by atoms with Crippen LogP contribution in [0.2, 0.25) is 0 Å². The molecular weight excluding hydrogens is 403 g/mol. The second-order valence-electron chi connectivity index (χ2n) is 11.8. The zero-order valence-corrected chi connectivity index (χ0v) is 21.6. The van der Waals surface area contributed by atoms with Crippen LogP contribution in [-0.4, -0.2) is 0 Å². The minimum absolute atomic E-state index is 0.192. The smallest absolute Gasteiger partial charge is 0.130 e. The molecule has 184 valence electrons. The van der Waals surface area contributed by atoms with E-state index in [4.69, 9.17) is 0 Å². The first-order chi connectivity index (χ1) is 16.2. The number of hydrogen-bond acceptors (Lipinski definition) is 0. The lowest BCUT2D eigenvalue weighted by atomic mass is 9.63. The Morgan fingerprint density at radius 2 is 1.70 bits per heavy atom. The predicted octanol–water partition coefficient (Wildman–Crippen LogP) is 9.95. The van der Waals surface area contributed by atoms with Crippen LogP contribution in [0.15, 0.2) is 24.3 Å². The molecule has 0 aromatic heterocycles. The summed E-state index contributed by atoms with van der Waals surface area (Å²) in [6.07, 6.45) is 26.6. The number of rotatable bonds is 10. The topological polar surface area (TPSA) is 0 Å². The molecule has 0 bridgehead atoms. The van der Waals surface area contributed by atoms with Gasteiger partial charge in [-0.15, -0.1) is 0 Å². The van der Waals surface area contributed by atoms with Gasteiger partial charge in [0.15, 0.2) is 0 Å². The second-order valence-corrected chi connectivity index (χ2v) is 11.8.